The lowest BCUT2D eigenvalue weighted by Crippen LogP contribution is -2.36. The third-order valence-electron chi connectivity index (χ3n) is 5.92. The summed E-state index contributed by atoms with van der Waals surface area (Å²) in [6.07, 6.45) is 1.58. The number of amides is 4. The minimum absolute atomic E-state index is 0.157. The van der Waals surface area contributed by atoms with Crippen LogP contribution in [-0.2, 0) is 14.4 Å². The average Bonchev–Trinajstić information content (AvgIpc) is 3.17. The zero-order chi connectivity index (χ0) is 27.9. The Morgan fingerprint density at radius 2 is 1.46 bits per heavy atom. The number of imide groups is 1. The third kappa shape index (κ3) is 7.58. The molecular weight excluding hydrogens is 514 g/mol. The van der Waals surface area contributed by atoms with Gasteiger partial charge in [0, 0.05) is 11.4 Å². The molecule has 1 aliphatic heterocycles. The van der Waals surface area contributed by atoms with Crippen molar-refractivity contribution in [2.75, 3.05) is 23.8 Å². The lowest BCUT2D eigenvalue weighted by atomic mass is 10.0. The summed E-state index contributed by atoms with van der Waals surface area (Å²) in [6.45, 7) is 5.60. The Morgan fingerprint density at radius 3 is 2.08 bits per heavy atom. The molecule has 3 aromatic carbocycles. The molecule has 0 saturated carbocycles. The van der Waals surface area contributed by atoms with E-state index in [0.29, 0.717) is 28.6 Å². The Labute approximate surface area is 231 Å². The molecule has 0 aromatic heterocycles. The SMILES string of the molecule is Cc1ccc(NC(=O)COc2ccc(/C=C3/SC(=O)N(CC(=O)Nc4ccc(C(C)C)cc4)C3=O)cc2)cc1. The van der Waals surface area contributed by atoms with Gasteiger partial charge in [0.25, 0.3) is 17.1 Å². The zero-order valence-electron chi connectivity index (χ0n) is 21.9. The van der Waals surface area contributed by atoms with Gasteiger partial charge in [0.1, 0.15) is 12.3 Å². The van der Waals surface area contributed by atoms with Crippen molar-refractivity contribution < 1.29 is 23.9 Å². The van der Waals surface area contributed by atoms with Crippen LogP contribution >= 0.6 is 11.8 Å². The molecule has 0 bridgehead atoms. The number of nitrogens with one attached hydrogen (secondary N) is 2. The van der Waals surface area contributed by atoms with Gasteiger partial charge in [0.05, 0.1) is 4.91 Å². The fourth-order valence-electron chi connectivity index (χ4n) is 3.73. The predicted octanol–water partition coefficient (Wildman–Crippen LogP) is 5.81. The van der Waals surface area contributed by atoms with E-state index in [1.54, 1.807) is 42.5 Å². The van der Waals surface area contributed by atoms with Crippen LogP contribution in [-0.4, -0.2) is 41.0 Å². The Kier molecular flexibility index (Phi) is 8.83. The maximum Gasteiger partial charge on any atom is 0.294 e. The van der Waals surface area contributed by atoms with Crippen LogP contribution in [0.15, 0.2) is 77.7 Å². The van der Waals surface area contributed by atoms with Crippen LogP contribution < -0.4 is 15.4 Å². The fraction of sp³-hybridized carbons (Fsp3) is 0.200. The lowest BCUT2D eigenvalue weighted by molar-refractivity contribution is -0.127. The van der Waals surface area contributed by atoms with Crippen LogP contribution in [0.3, 0.4) is 0 Å². The smallest absolute Gasteiger partial charge is 0.294 e. The number of thioether (sulfide) groups is 1. The Hall–Kier alpha value is -4.37. The monoisotopic (exact) mass is 543 g/mol. The van der Waals surface area contributed by atoms with Crippen molar-refractivity contribution in [2.24, 2.45) is 0 Å². The first-order chi connectivity index (χ1) is 18.7. The van der Waals surface area contributed by atoms with E-state index in [1.165, 1.54) is 0 Å². The van der Waals surface area contributed by atoms with E-state index >= 15 is 0 Å². The molecular formula is C30H29N3O5S. The van der Waals surface area contributed by atoms with Crippen LogP contribution in [0.4, 0.5) is 16.2 Å². The van der Waals surface area contributed by atoms with Crippen molar-refractivity contribution in [3.05, 3.63) is 94.4 Å². The highest BCUT2D eigenvalue weighted by Crippen LogP contribution is 2.32. The average molecular weight is 544 g/mol. The molecule has 9 heteroatoms. The highest BCUT2D eigenvalue weighted by Gasteiger charge is 2.36. The molecule has 0 aliphatic carbocycles. The summed E-state index contributed by atoms with van der Waals surface area (Å²) >= 11 is 0.785. The van der Waals surface area contributed by atoms with E-state index < -0.39 is 17.1 Å². The van der Waals surface area contributed by atoms with Gasteiger partial charge in [-0.05, 0) is 78.2 Å². The molecule has 8 nitrogen and oxygen atoms in total. The number of carbonyl (C=O) groups is 4. The molecule has 3 aromatic rings. The quantitative estimate of drug-likeness (QED) is 0.330. The summed E-state index contributed by atoms with van der Waals surface area (Å²) in [5, 5.41) is 4.99. The molecule has 1 fully saturated rings. The number of hydrogen-bond donors (Lipinski definition) is 2. The summed E-state index contributed by atoms with van der Waals surface area (Å²) in [6, 6.07) is 21.7. The molecule has 0 atom stereocenters. The van der Waals surface area contributed by atoms with Crippen molar-refractivity contribution >= 4 is 52.2 Å². The van der Waals surface area contributed by atoms with Gasteiger partial charge in [0.2, 0.25) is 5.91 Å². The summed E-state index contributed by atoms with van der Waals surface area (Å²) in [5.41, 5.74) is 4.21. The normalized spacial score (nSPS) is 14.2. The zero-order valence-corrected chi connectivity index (χ0v) is 22.7. The minimum atomic E-state index is -0.525. The van der Waals surface area contributed by atoms with Gasteiger partial charge in [-0.15, -0.1) is 0 Å². The van der Waals surface area contributed by atoms with Gasteiger partial charge in [0.15, 0.2) is 6.61 Å². The summed E-state index contributed by atoms with van der Waals surface area (Å²) in [4.78, 5) is 51.0. The van der Waals surface area contributed by atoms with E-state index in [9.17, 15) is 19.2 Å². The molecule has 200 valence electrons. The first kappa shape index (κ1) is 27.7. The molecule has 4 rings (SSSR count). The van der Waals surface area contributed by atoms with Crippen molar-refractivity contribution in [1.82, 2.24) is 4.90 Å². The molecule has 1 aliphatic rings. The number of aryl methyl sites for hydroxylation is 1. The van der Waals surface area contributed by atoms with Gasteiger partial charge in [-0.2, -0.15) is 0 Å². The lowest BCUT2D eigenvalue weighted by Gasteiger charge is -2.13. The van der Waals surface area contributed by atoms with E-state index in [-0.39, 0.29) is 24.0 Å². The van der Waals surface area contributed by atoms with E-state index in [4.69, 9.17) is 4.74 Å². The van der Waals surface area contributed by atoms with Crippen LogP contribution in [0, 0.1) is 6.92 Å². The predicted molar refractivity (Wildman–Crippen MR) is 154 cm³/mol. The molecule has 1 saturated heterocycles. The van der Waals surface area contributed by atoms with Crippen molar-refractivity contribution in [1.29, 1.82) is 0 Å². The second-order valence-corrected chi connectivity index (χ2v) is 10.4. The number of anilines is 2. The standard InChI is InChI=1S/C30H29N3O5S/c1-19(2)22-8-12-24(13-9-22)31-27(34)17-33-29(36)26(39-30(33)37)16-21-6-14-25(15-7-21)38-18-28(35)32-23-10-4-20(3)5-11-23/h4-16,19H,17-18H2,1-3H3,(H,31,34)(H,32,35)/b26-16+. The van der Waals surface area contributed by atoms with Crippen LogP contribution in [0.1, 0.15) is 36.5 Å². The van der Waals surface area contributed by atoms with E-state index in [2.05, 4.69) is 24.5 Å². The summed E-state index contributed by atoms with van der Waals surface area (Å²) in [5.74, 6) is -0.408. The van der Waals surface area contributed by atoms with E-state index in [0.717, 1.165) is 27.8 Å². The molecule has 0 unspecified atom stereocenters. The molecule has 1 heterocycles. The van der Waals surface area contributed by atoms with Crippen LogP contribution in [0.5, 0.6) is 5.75 Å². The topological polar surface area (TPSA) is 105 Å². The van der Waals surface area contributed by atoms with Crippen LogP contribution in [0.25, 0.3) is 6.08 Å². The van der Waals surface area contributed by atoms with Crippen molar-refractivity contribution in [2.45, 2.75) is 26.7 Å². The maximum atomic E-state index is 12.8. The highest BCUT2D eigenvalue weighted by atomic mass is 32.2. The molecule has 2 N–H and O–H groups in total. The van der Waals surface area contributed by atoms with Gasteiger partial charge in [-0.3, -0.25) is 24.1 Å². The first-order valence-corrected chi connectivity index (χ1v) is 13.2. The molecule has 0 radical (unpaired) electrons. The van der Waals surface area contributed by atoms with Crippen molar-refractivity contribution in [3.8, 4) is 5.75 Å². The number of rotatable bonds is 9. The van der Waals surface area contributed by atoms with E-state index in [1.807, 2.05) is 43.3 Å². The number of nitrogens with zero attached hydrogens (tertiary/aromatic N) is 1. The number of carbonyl (C=O) groups excluding carboxylic acids is 4. The Balaban J connectivity index is 1.29. The van der Waals surface area contributed by atoms with Gasteiger partial charge in [-0.1, -0.05) is 55.8 Å². The second kappa shape index (κ2) is 12.4. The highest BCUT2D eigenvalue weighted by molar-refractivity contribution is 8.18. The summed E-state index contributed by atoms with van der Waals surface area (Å²) < 4.78 is 5.54. The Bertz CT molecular complexity index is 1400. The molecule has 4 amide bonds. The number of ether oxygens (including phenoxy) is 1. The minimum Gasteiger partial charge on any atom is -0.484 e. The van der Waals surface area contributed by atoms with Crippen molar-refractivity contribution in [3.63, 3.8) is 0 Å². The number of hydrogen-bond acceptors (Lipinski definition) is 6. The van der Waals surface area contributed by atoms with Gasteiger partial charge < -0.3 is 15.4 Å². The second-order valence-electron chi connectivity index (χ2n) is 9.36. The van der Waals surface area contributed by atoms with Gasteiger partial charge >= 0.3 is 0 Å². The van der Waals surface area contributed by atoms with Gasteiger partial charge in [-0.25, -0.2) is 0 Å². The van der Waals surface area contributed by atoms with Crippen LogP contribution in [0.2, 0.25) is 0 Å². The summed E-state index contributed by atoms with van der Waals surface area (Å²) in [7, 11) is 0. The molecule has 0 spiro atoms. The molecule has 39 heavy (non-hydrogen) atoms. The fourth-order valence-corrected chi connectivity index (χ4v) is 4.56. The first-order valence-electron chi connectivity index (χ1n) is 12.4. The third-order valence-corrected chi connectivity index (χ3v) is 6.83. The number of benzene rings is 3. The Morgan fingerprint density at radius 1 is 0.872 bits per heavy atom. The maximum absolute atomic E-state index is 12.8. The largest absolute Gasteiger partial charge is 0.484 e.